The molecule has 0 aromatic heterocycles. The molecular formula is C9H14ClNO6. The molecule has 1 unspecified atom stereocenters. The molecule has 1 atom stereocenters. The summed E-state index contributed by atoms with van der Waals surface area (Å²) in [6, 6.07) is 0. The molecular weight excluding hydrogens is 254 g/mol. The average Bonchev–Trinajstić information content (AvgIpc) is 2.18. The molecule has 17 heavy (non-hydrogen) atoms. The topological polar surface area (TPSA) is 87.9 Å². The highest BCUT2D eigenvalue weighted by Gasteiger charge is 2.26. The Balaban J connectivity index is 2.23. The lowest BCUT2D eigenvalue weighted by atomic mass is 9.95. The van der Waals surface area contributed by atoms with Crippen LogP contribution in [0, 0.1) is 10.1 Å². The lowest BCUT2D eigenvalue weighted by Crippen LogP contribution is -2.30. The monoisotopic (exact) mass is 267 g/mol. The summed E-state index contributed by atoms with van der Waals surface area (Å²) in [5.41, 5.74) is -0.739. The Morgan fingerprint density at radius 2 is 1.88 bits per heavy atom. The zero-order valence-corrected chi connectivity index (χ0v) is 10.1. The molecule has 0 aliphatic heterocycles. The van der Waals surface area contributed by atoms with Gasteiger partial charge < -0.3 is 14.3 Å². The summed E-state index contributed by atoms with van der Waals surface area (Å²) in [6.07, 6.45) is 0.489. The SMILES string of the molecule is CC(Cl)OC(=O)O[C@H]1CC[C@@H](O[N+](=O)[O-])CC1. The molecule has 1 aliphatic rings. The third-order valence-corrected chi connectivity index (χ3v) is 2.47. The fourth-order valence-corrected chi connectivity index (χ4v) is 1.75. The fraction of sp³-hybridized carbons (Fsp3) is 0.889. The quantitative estimate of drug-likeness (QED) is 0.336. The third-order valence-electron chi connectivity index (χ3n) is 2.38. The normalized spacial score (nSPS) is 25.8. The van der Waals surface area contributed by atoms with E-state index in [0.717, 1.165) is 0 Å². The van der Waals surface area contributed by atoms with Gasteiger partial charge in [0.25, 0.3) is 5.09 Å². The summed E-state index contributed by atoms with van der Waals surface area (Å²) in [5, 5.41) is 9.32. The molecule has 0 N–H and O–H groups in total. The minimum atomic E-state index is -0.814. The first-order valence-corrected chi connectivity index (χ1v) is 5.73. The summed E-state index contributed by atoms with van der Waals surface area (Å²) in [5.74, 6) is 0. The van der Waals surface area contributed by atoms with Crippen molar-refractivity contribution in [1.82, 2.24) is 0 Å². The Morgan fingerprint density at radius 1 is 1.35 bits per heavy atom. The van der Waals surface area contributed by atoms with Gasteiger partial charge in [-0.1, -0.05) is 11.6 Å². The molecule has 0 amide bonds. The number of carbonyl (C=O) groups is 1. The maximum Gasteiger partial charge on any atom is 0.510 e. The smallest absolute Gasteiger partial charge is 0.431 e. The van der Waals surface area contributed by atoms with E-state index < -0.39 is 22.9 Å². The molecule has 1 saturated carbocycles. The van der Waals surface area contributed by atoms with Gasteiger partial charge in [0.2, 0.25) is 0 Å². The van der Waals surface area contributed by atoms with E-state index in [1.54, 1.807) is 0 Å². The van der Waals surface area contributed by atoms with Gasteiger partial charge >= 0.3 is 6.16 Å². The average molecular weight is 268 g/mol. The first-order chi connectivity index (χ1) is 7.97. The van der Waals surface area contributed by atoms with Gasteiger partial charge in [0, 0.05) is 0 Å². The second-order valence-corrected chi connectivity index (χ2v) is 4.37. The first kappa shape index (κ1) is 13.8. The minimum absolute atomic E-state index is 0.287. The Morgan fingerprint density at radius 3 is 2.35 bits per heavy atom. The van der Waals surface area contributed by atoms with Gasteiger partial charge in [-0.05, 0) is 32.6 Å². The van der Waals surface area contributed by atoms with E-state index in [1.807, 2.05) is 0 Å². The molecule has 8 heteroatoms. The number of ether oxygens (including phenoxy) is 2. The molecule has 0 heterocycles. The fourth-order valence-electron chi connectivity index (χ4n) is 1.67. The van der Waals surface area contributed by atoms with Crippen LogP contribution in [0.15, 0.2) is 0 Å². The van der Waals surface area contributed by atoms with Gasteiger partial charge in [0.15, 0.2) is 5.56 Å². The number of halogens is 1. The predicted octanol–water partition coefficient (Wildman–Crippen LogP) is 2.24. The molecule has 0 aromatic rings. The lowest BCUT2D eigenvalue weighted by molar-refractivity contribution is -0.769. The number of carbonyl (C=O) groups excluding carboxylic acids is 1. The summed E-state index contributed by atoms with van der Waals surface area (Å²) in [6.45, 7) is 1.50. The Labute approximate surface area is 103 Å². The standard InChI is InChI=1S/C9H14ClNO6/c1-6(10)15-9(12)16-7-2-4-8(5-3-7)17-11(13)14/h6-8H,2-5H2,1H3/t6?,7-,8+. The number of alkyl halides is 1. The van der Waals surface area contributed by atoms with Crippen LogP contribution in [0.3, 0.4) is 0 Å². The van der Waals surface area contributed by atoms with Crippen molar-refractivity contribution in [3.8, 4) is 0 Å². The number of hydrogen-bond donors (Lipinski definition) is 0. The predicted molar refractivity (Wildman–Crippen MR) is 57.0 cm³/mol. The van der Waals surface area contributed by atoms with Crippen LogP contribution in [0.1, 0.15) is 32.6 Å². The van der Waals surface area contributed by atoms with Crippen molar-refractivity contribution in [1.29, 1.82) is 0 Å². The Bertz CT molecular complexity index is 277. The number of nitrogens with zero attached hydrogens (tertiary/aromatic N) is 1. The molecule has 0 aromatic carbocycles. The van der Waals surface area contributed by atoms with Crippen LogP contribution in [0.4, 0.5) is 4.79 Å². The van der Waals surface area contributed by atoms with Gasteiger partial charge in [0.05, 0.1) is 0 Å². The van der Waals surface area contributed by atoms with Gasteiger partial charge in [-0.3, -0.25) is 0 Å². The van der Waals surface area contributed by atoms with E-state index in [4.69, 9.17) is 16.3 Å². The Hall–Kier alpha value is -1.24. The van der Waals surface area contributed by atoms with E-state index in [2.05, 4.69) is 9.57 Å². The summed E-state index contributed by atoms with van der Waals surface area (Å²) >= 11 is 5.45. The highest BCUT2D eigenvalue weighted by Crippen LogP contribution is 2.24. The van der Waals surface area contributed by atoms with E-state index >= 15 is 0 Å². The second kappa shape index (κ2) is 6.48. The number of rotatable bonds is 4. The molecule has 0 saturated heterocycles. The molecule has 0 spiro atoms. The zero-order chi connectivity index (χ0) is 12.8. The summed E-state index contributed by atoms with van der Waals surface area (Å²) < 4.78 is 9.59. The molecule has 1 rings (SSSR count). The first-order valence-electron chi connectivity index (χ1n) is 5.30. The molecule has 0 radical (unpaired) electrons. The van der Waals surface area contributed by atoms with Crippen LogP contribution < -0.4 is 0 Å². The van der Waals surface area contributed by atoms with E-state index in [-0.39, 0.29) is 6.10 Å². The van der Waals surface area contributed by atoms with Crippen molar-refractivity contribution < 1.29 is 24.2 Å². The molecule has 0 bridgehead atoms. The van der Waals surface area contributed by atoms with Gasteiger partial charge in [0.1, 0.15) is 12.2 Å². The van der Waals surface area contributed by atoms with Gasteiger partial charge in [-0.15, -0.1) is 10.1 Å². The van der Waals surface area contributed by atoms with E-state index in [0.29, 0.717) is 25.7 Å². The summed E-state index contributed by atoms with van der Waals surface area (Å²) in [4.78, 5) is 25.7. The number of hydrogen-bond acceptors (Lipinski definition) is 6. The largest absolute Gasteiger partial charge is 0.510 e. The highest BCUT2D eigenvalue weighted by molar-refractivity contribution is 6.19. The van der Waals surface area contributed by atoms with Crippen LogP contribution in [-0.2, 0) is 14.3 Å². The highest BCUT2D eigenvalue weighted by atomic mass is 35.5. The molecule has 7 nitrogen and oxygen atoms in total. The van der Waals surface area contributed by atoms with Crippen molar-refractivity contribution in [3.05, 3.63) is 10.1 Å². The lowest BCUT2D eigenvalue weighted by Gasteiger charge is -2.26. The van der Waals surface area contributed by atoms with Gasteiger partial charge in [-0.25, -0.2) is 4.79 Å². The third kappa shape index (κ3) is 5.58. The van der Waals surface area contributed by atoms with Crippen molar-refractivity contribution in [3.63, 3.8) is 0 Å². The molecule has 1 fully saturated rings. The minimum Gasteiger partial charge on any atom is -0.431 e. The van der Waals surface area contributed by atoms with Crippen molar-refractivity contribution in [2.24, 2.45) is 0 Å². The van der Waals surface area contributed by atoms with Crippen molar-refractivity contribution in [2.45, 2.75) is 50.4 Å². The van der Waals surface area contributed by atoms with Crippen LogP contribution in [0.2, 0.25) is 0 Å². The Kier molecular flexibility index (Phi) is 5.27. The van der Waals surface area contributed by atoms with Crippen LogP contribution in [0.5, 0.6) is 0 Å². The van der Waals surface area contributed by atoms with Crippen LogP contribution in [-0.4, -0.2) is 29.0 Å². The second-order valence-electron chi connectivity index (χ2n) is 3.76. The van der Waals surface area contributed by atoms with Crippen LogP contribution >= 0.6 is 11.6 Å². The summed E-state index contributed by atoms with van der Waals surface area (Å²) in [7, 11) is 0. The molecule has 1 aliphatic carbocycles. The maximum absolute atomic E-state index is 11.1. The van der Waals surface area contributed by atoms with E-state index in [9.17, 15) is 14.9 Å². The van der Waals surface area contributed by atoms with Gasteiger partial charge in [-0.2, -0.15) is 0 Å². The van der Waals surface area contributed by atoms with E-state index in [1.165, 1.54) is 6.92 Å². The maximum atomic E-state index is 11.1. The molecule has 98 valence electrons. The van der Waals surface area contributed by atoms with Crippen molar-refractivity contribution >= 4 is 17.8 Å². The van der Waals surface area contributed by atoms with Crippen molar-refractivity contribution in [2.75, 3.05) is 0 Å². The van der Waals surface area contributed by atoms with Crippen LogP contribution in [0.25, 0.3) is 0 Å². The zero-order valence-electron chi connectivity index (χ0n) is 9.34.